The van der Waals surface area contributed by atoms with E-state index in [0.29, 0.717) is 25.3 Å². The van der Waals surface area contributed by atoms with E-state index in [9.17, 15) is 14.0 Å². The van der Waals surface area contributed by atoms with Gasteiger partial charge in [-0.1, -0.05) is 35.9 Å². The van der Waals surface area contributed by atoms with Gasteiger partial charge in [-0.15, -0.1) is 0 Å². The summed E-state index contributed by atoms with van der Waals surface area (Å²) in [7, 11) is 0. The summed E-state index contributed by atoms with van der Waals surface area (Å²) in [5.41, 5.74) is 3.90. The summed E-state index contributed by atoms with van der Waals surface area (Å²) in [5.74, 6) is -0.763. The molecule has 4 nitrogen and oxygen atoms in total. The lowest BCUT2D eigenvalue weighted by Crippen LogP contribution is -2.40. The third-order valence-corrected chi connectivity index (χ3v) is 5.49. The van der Waals surface area contributed by atoms with Crippen LogP contribution < -0.4 is 4.90 Å². The molecule has 2 aromatic rings. The van der Waals surface area contributed by atoms with Crippen LogP contribution in [0, 0.1) is 18.7 Å². The zero-order valence-electron chi connectivity index (χ0n) is 15.5. The Bertz CT molecular complexity index is 878. The van der Waals surface area contributed by atoms with Crippen LogP contribution in [0.4, 0.5) is 10.1 Å². The maximum atomic E-state index is 13.7. The smallest absolute Gasteiger partial charge is 0.232 e. The SMILES string of the molecule is Cc1ccc(CN2CC(C(=O)N3CCCc4ccc(F)cc43)CC2=O)cc1. The third-order valence-electron chi connectivity index (χ3n) is 5.49. The largest absolute Gasteiger partial charge is 0.338 e. The highest BCUT2D eigenvalue weighted by Gasteiger charge is 2.37. The first-order valence-corrected chi connectivity index (χ1v) is 9.44. The van der Waals surface area contributed by atoms with Crippen LogP contribution in [0.15, 0.2) is 42.5 Å². The fourth-order valence-electron chi connectivity index (χ4n) is 4.00. The minimum absolute atomic E-state index is 0.00500. The van der Waals surface area contributed by atoms with Crippen molar-refractivity contribution >= 4 is 17.5 Å². The highest BCUT2D eigenvalue weighted by atomic mass is 19.1. The zero-order chi connectivity index (χ0) is 19.0. The number of carbonyl (C=O) groups is 2. The molecule has 0 radical (unpaired) electrons. The zero-order valence-corrected chi connectivity index (χ0v) is 15.5. The van der Waals surface area contributed by atoms with E-state index < -0.39 is 0 Å². The third kappa shape index (κ3) is 3.59. The number of halogens is 1. The van der Waals surface area contributed by atoms with Crippen molar-refractivity contribution in [2.75, 3.05) is 18.0 Å². The number of rotatable bonds is 3. The molecule has 0 N–H and O–H groups in total. The molecule has 140 valence electrons. The maximum Gasteiger partial charge on any atom is 0.232 e. The van der Waals surface area contributed by atoms with E-state index in [1.807, 2.05) is 31.2 Å². The standard InChI is InChI=1S/C22H23FN2O2/c1-15-4-6-16(7-5-15)13-24-14-18(11-21(24)26)22(27)25-10-2-3-17-8-9-19(23)12-20(17)25/h4-9,12,18H,2-3,10-11,13-14H2,1H3. The Morgan fingerprint density at radius 2 is 1.96 bits per heavy atom. The van der Waals surface area contributed by atoms with Gasteiger partial charge in [-0.25, -0.2) is 4.39 Å². The number of carbonyl (C=O) groups excluding carboxylic acids is 2. The molecule has 2 amide bonds. The number of likely N-dealkylation sites (tertiary alicyclic amines) is 1. The molecule has 1 unspecified atom stereocenters. The van der Waals surface area contributed by atoms with E-state index in [4.69, 9.17) is 0 Å². The molecular weight excluding hydrogens is 343 g/mol. The second kappa shape index (κ2) is 7.14. The van der Waals surface area contributed by atoms with Crippen molar-refractivity contribution in [2.24, 2.45) is 5.92 Å². The van der Waals surface area contributed by atoms with Crippen LogP contribution in [-0.4, -0.2) is 29.8 Å². The summed E-state index contributed by atoms with van der Waals surface area (Å²) in [6.07, 6.45) is 1.94. The first kappa shape index (κ1) is 17.7. The summed E-state index contributed by atoms with van der Waals surface area (Å²) in [6.45, 7) is 3.55. The second-order valence-electron chi connectivity index (χ2n) is 7.53. The van der Waals surface area contributed by atoms with Gasteiger partial charge in [-0.2, -0.15) is 0 Å². The first-order chi connectivity index (χ1) is 13.0. The predicted octanol–water partition coefficient (Wildman–Crippen LogP) is 3.46. The fraction of sp³-hybridized carbons (Fsp3) is 0.364. The number of hydrogen-bond donors (Lipinski definition) is 0. The van der Waals surface area contributed by atoms with Gasteiger partial charge in [0.15, 0.2) is 0 Å². The summed E-state index contributed by atoms with van der Waals surface area (Å²) < 4.78 is 13.7. The minimum Gasteiger partial charge on any atom is -0.338 e. The molecule has 2 aliphatic rings. The Balaban J connectivity index is 1.48. The van der Waals surface area contributed by atoms with E-state index in [2.05, 4.69) is 0 Å². The van der Waals surface area contributed by atoms with Gasteiger partial charge in [-0.05, 0) is 43.0 Å². The van der Waals surface area contributed by atoms with Gasteiger partial charge in [0.1, 0.15) is 5.82 Å². The van der Waals surface area contributed by atoms with Crippen LogP contribution in [0.25, 0.3) is 0 Å². The van der Waals surface area contributed by atoms with Crippen molar-refractivity contribution in [3.05, 3.63) is 65.0 Å². The maximum absolute atomic E-state index is 13.7. The van der Waals surface area contributed by atoms with Gasteiger partial charge >= 0.3 is 0 Å². The summed E-state index contributed by atoms with van der Waals surface area (Å²) in [4.78, 5) is 29.0. The summed E-state index contributed by atoms with van der Waals surface area (Å²) in [5, 5.41) is 0. The van der Waals surface area contributed by atoms with Crippen molar-refractivity contribution in [1.29, 1.82) is 0 Å². The number of benzene rings is 2. The summed E-state index contributed by atoms with van der Waals surface area (Å²) in [6, 6.07) is 12.7. The Hall–Kier alpha value is -2.69. The molecule has 0 spiro atoms. The van der Waals surface area contributed by atoms with Crippen molar-refractivity contribution in [1.82, 2.24) is 4.90 Å². The normalized spacial score (nSPS) is 19.3. The van der Waals surface area contributed by atoms with E-state index in [0.717, 1.165) is 24.0 Å². The first-order valence-electron chi connectivity index (χ1n) is 9.44. The number of amides is 2. The molecule has 2 heterocycles. The van der Waals surface area contributed by atoms with Crippen molar-refractivity contribution in [2.45, 2.75) is 32.7 Å². The molecule has 0 bridgehead atoms. The van der Waals surface area contributed by atoms with Gasteiger partial charge in [0, 0.05) is 31.7 Å². The van der Waals surface area contributed by atoms with E-state index in [1.54, 1.807) is 15.9 Å². The molecular formula is C22H23FN2O2. The second-order valence-corrected chi connectivity index (χ2v) is 7.53. The van der Waals surface area contributed by atoms with Crippen LogP contribution in [0.2, 0.25) is 0 Å². The van der Waals surface area contributed by atoms with Gasteiger partial charge in [0.2, 0.25) is 11.8 Å². The van der Waals surface area contributed by atoms with Gasteiger partial charge in [0.05, 0.1) is 5.92 Å². The molecule has 2 aliphatic heterocycles. The van der Waals surface area contributed by atoms with Crippen LogP contribution in [0.5, 0.6) is 0 Å². The molecule has 1 saturated heterocycles. The van der Waals surface area contributed by atoms with Crippen LogP contribution in [-0.2, 0) is 22.6 Å². The number of aryl methyl sites for hydroxylation is 2. The van der Waals surface area contributed by atoms with Crippen LogP contribution in [0.3, 0.4) is 0 Å². The van der Waals surface area contributed by atoms with Crippen molar-refractivity contribution < 1.29 is 14.0 Å². The van der Waals surface area contributed by atoms with E-state index in [1.165, 1.54) is 17.7 Å². The Morgan fingerprint density at radius 1 is 1.19 bits per heavy atom. The lowest BCUT2D eigenvalue weighted by molar-refractivity contribution is -0.128. The number of nitrogens with zero attached hydrogens (tertiary/aromatic N) is 2. The highest BCUT2D eigenvalue weighted by Crippen LogP contribution is 2.31. The Morgan fingerprint density at radius 3 is 2.74 bits per heavy atom. The molecule has 1 atom stereocenters. The van der Waals surface area contributed by atoms with Gasteiger partial charge in [-0.3, -0.25) is 9.59 Å². The molecule has 2 aromatic carbocycles. The van der Waals surface area contributed by atoms with Crippen LogP contribution >= 0.6 is 0 Å². The number of fused-ring (bicyclic) bond motifs is 1. The Kier molecular flexibility index (Phi) is 4.68. The molecule has 0 aliphatic carbocycles. The topological polar surface area (TPSA) is 40.6 Å². The molecule has 0 aromatic heterocycles. The van der Waals surface area contributed by atoms with Crippen molar-refractivity contribution in [3.63, 3.8) is 0 Å². The highest BCUT2D eigenvalue weighted by molar-refractivity contribution is 5.99. The number of hydrogen-bond acceptors (Lipinski definition) is 2. The molecule has 5 heteroatoms. The lowest BCUT2D eigenvalue weighted by Gasteiger charge is -2.31. The molecule has 27 heavy (non-hydrogen) atoms. The van der Waals surface area contributed by atoms with Crippen molar-refractivity contribution in [3.8, 4) is 0 Å². The lowest BCUT2D eigenvalue weighted by atomic mass is 9.99. The minimum atomic E-state index is -0.364. The van der Waals surface area contributed by atoms with Crippen LogP contribution in [0.1, 0.15) is 29.5 Å². The molecule has 1 fully saturated rings. The van der Waals surface area contributed by atoms with Gasteiger partial charge in [0.25, 0.3) is 0 Å². The average molecular weight is 366 g/mol. The molecule has 0 saturated carbocycles. The van der Waals surface area contributed by atoms with E-state index in [-0.39, 0.29) is 30.0 Å². The monoisotopic (exact) mass is 366 g/mol. The quantitative estimate of drug-likeness (QED) is 0.835. The van der Waals surface area contributed by atoms with E-state index >= 15 is 0 Å². The van der Waals surface area contributed by atoms with Gasteiger partial charge < -0.3 is 9.80 Å². The Labute approximate surface area is 158 Å². The predicted molar refractivity (Wildman–Crippen MR) is 102 cm³/mol. The summed E-state index contributed by atoms with van der Waals surface area (Å²) >= 11 is 0. The molecule has 4 rings (SSSR count). The number of anilines is 1. The fourth-order valence-corrected chi connectivity index (χ4v) is 4.00. The average Bonchev–Trinajstić information content (AvgIpc) is 3.03.